The number of hydrogen-bond acceptors (Lipinski definition) is 3. The van der Waals surface area contributed by atoms with Crippen molar-refractivity contribution in [1.29, 1.82) is 0 Å². The maximum Gasteiger partial charge on any atom is 0.203 e. The van der Waals surface area contributed by atoms with E-state index >= 15 is 0 Å². The molecule has 4 nitrogen and oxygen atoms in total. The number of nitrogens with zero attached hydrogens (tertiary/aromatic N) is 3. The first-order chi connectivity index (χ1) is 8.85. The van der Waals surface area contributed by atoms with E-state index in [0.717, 1.165) is 24.6 Å². The van der Waals surface area contributed by atoms with E-state index < -0.39 is 0 Å². The van der Waals surface area contributed by atoms with Crippen LogP contribution in [0.3, 0.4) is 0 Å². The number of pyridine rings is 1. The Morgan fingerprint density at radius 1 is 1.39 bits per heavy atom. The Kier molecular flexibility index (Phi) is 4.12. The summed E-state index contributed by atoms with van der Waals surface area (Å²) in [4.78, 5) is 8.73. The van der Waals surface area contributed by atoms with E-state index in [2.05, 4.69) is 39.4 Å². The summed E-state index contributed by atoms with van der Waals surface area (Å²) in [7, 11) is 0. The number of imidazole rings is 1. The average Bonchev–Trinajstić information content (AvgIpc) is 2.84. The van der Waals surface area contributed by atoms with Crippen molar-refractivity contribution in [3.63, 3.8) is 0 Å². The first kappa shape index (κ1) is 12.4. The predicted octanol–water partition coefficient (Wildman–Crippen LogP) is 2.49. The number of anilines is 1. The van der Waals surface area contributed by atoms with Gasteiger partial charge in [-0.1, -0.05) is 19.1 Å². The summed E-state index contributed by atoms with van der Waals surface area (Å²) in [5, 5.41) is 3.21. The van der Waals surface area contributed by atoms with Gasteiger partial charge in [0.15, 0.2) is 0 Å². The second kappa shape index (κ2) is 6.00. The Bertz CT molecular complexity index is 516. The lowest BCUT2D eigenvalue weighted by Crippen LogP contribution is -2.10. The molecule has 2 aromatic rings. The van der Waals surface area contributed by atoms with Gasteiger partial charge in [-0.05, 0) is 18.1 Å². The average molecular weight is 242 g/mol. The summed E-state index contributed by atoms with van der Waals surface area (Å²) in [6, 6.07) is 4.10. The minimum absolute atomic E-state index is 0.708. The number of hydrogen-bond donors (Lipinski definition) is 1. The zero-order valence-electron chi connectivity index (χ0n) is 10.6. The maximum atomic E-state index is 4.45. The molecule has 0 aliphatic carbocycles. The topological polar surface area (TPSA) is 42.7 Å². The molecule has 0 bridgehead atoms. The molecule has 4 heteroatoms. The summed E-state index contributed by atoms with van der Waals surface area (Å²) in [5.41, 5.74) is 2.38. The Morgan fingerprint density at radius 2 is 2.28 bits per heavy atom. The summed E-state index contributed by atoms with van der Waals surface area (Å²) in [6.07, 6.45) is 8.40. The van der Waals surface area contributed by atoms with Crippen molar-refractivity contribution >= 4 is 5.95 Å². The molecular weight excluding hydrogens is 224 g/mol. The van der Waals surface area contributed by atoms with Gasteiger partial charge >= 0.3 is 0 Å². The Hall–Kier alpha value is -2.10. The molecule has 1 N–H and O–H groups in total. The van der Waals surface area contributed by atoms with Crippen molar-refractivity contribution in [2.45, 2.75) is 19.9 Å². The van der Waals surface area contributed by atoms with Crippen molar-refractivity contribution < 1.29 is 0 Å². The summed E-state index contributed by atoms with van der Waals surface area (Å²) < 4.78 is 2.06. The van der Waals surface area contributed by atoms with Gasteiger partial charge in [-0.3, -0.25) is 4.98 Å². The van der Waals surface area contributed by atoms with Crippen LogP contribution in [0.4, 0.5) is 5.95 Å². The number of nitrogens with one attached hydrogen (secondary N) is 1. The third kappa shape index (κ3) is 2.77. The Balaban J connectivity index is 2.18. The minimum atomic E-state index is 0.708. The van der Waals surface area contributed by atoms with Crippen molar-refractivity contribution in [2.24, 2.45) is 0 Å². The van der Waals surface area contributed by atoms with Gasteiger partial charge in [0.05, 0.1) is 12.2 Å². The predicted molar refractivity (Wildman–Crippen MR) is 73.6 cm³/mol. The molecule has 0 amide bonds. The molecule has 0 fully saturated rings. The van der Waals surface area contributed by atoms with Gasteiger partial charge in [-0.2, -0.15) is 0 Å². The zero-order chi connectivity index (χ0) is 12.8. The van der Waals surface area contributed by atoms with Gasteiger partial charge in [0.25, 0.3) is 0 Å². The highest BCUT2D eigenvalue weighted by molar-refractivity contribution is 5.29. The molecule has 2 aromatic heterocycles. The van der Waals surface area contributed by atoms with Crippen LogP contribution in [0.5, 0.6) is 0 Å². The van der Waals surface area contributed by atoms with Gasteiger partial charge in [0, 0.05) is 25.1 Å². The normalized spacial score (nSPS) is 10.3. The maximum absolute atomic E-state index is 4.45. The smallest absolute Gasteiger partial charge is 0.203 e. The molecule has 0 atom stereocenters. The van der Waals surface area contributed by atoms with Crippen LogP contribution in [-0.4, -0.2) is 21.1 Å². The second-order valence-corrected chi connectivity index (χ2v) is 4.01. The molecular formula is C14H18N4. The van der Waals surface area contributed by atoms with Crippen LogP contribution in [0.2, 0.25) is 0 Å². The summed E-state index contributed by atoms with van der Waals surface area (Å²) in [6.45, 7) is 7.28. The molecule has 0 aromatic carbocycles. The van der Waals surface area contributed by atoms with E-state index in [1.54, 1.807) is 6.20 Å². The molecule has 0 saturated heterocycles. The molecule has 0 saturated carbocycles. The monoisotopic (exact) mass is 242 g/mol. The lowest BCUT2D eigenvalue weighted by atomic mass is 10.1. The van der Waals surface area contributed by atoms with Crippen molar-refractivity contribution in [3.8, 4) is 0 Å². The Labute approximate surface area is 107 Å². The highest BCUT2D eigenvalue weighted by Crippen LogP contribution is 2.11. The third-order valence-electron chi connectivity index (χ3n) is 2.81. The third-order valence-corrected chi connectivity index (χ3v) is 2.81. The van der Waals surface area contributed by atoms with Gasteiger partial charge in [0.2, 0.25) is 5.95 Å². The van der Waals surface area contributed by atoms with Gasteiger partial charge < -0.3 is 9.88 Å². The zero-order valence-corrected chi connectivity index (χ0v) is 10.6. The van der Waals surface area contributed by atoms with E-state index in [1.165, 1.54) is 5.56 Å². The summed E-state index contributed by atoms with van der Waals surface area (Å²) >= 11 is 0. The van der Waals surface area contributed by atoms with Crippen molar-refractivity contribution in [3.05, 3.63) is 54.6 Å². The van der Waals surface area contributed by atoms with Crippen LogP contribution in [0.1, 0.15) is 18.2 Å². The van der Waals surface area contributed by atoms with E-state index in [9.17, 15) is 0 Å². The molecule has 18 heavy (non-hydrogen) atoms. The van der Waals surface area contributed by atoms with E-state index in [1.807, 2.05) is 24.5 Å². The van der Waals surface area contributed by atoms with Crippen LogP contribution in [0.15, 0.2) is 43.4 Å². The molecule has 94 valence electrons. The second-order valence-electron chi connectivity index (χ2n) is 4.01. The Morgan fingerprint density at radius 3 is 3.06 bits per heavy atom. The first-order valence-electron chi connectivity index (χ1n) is 6.13. The molecule has 0 radical (unpaired) electrons. The fourth-order valence-corrected chi connectivity index (χ4v) is 1.86. The van der Waals surface area contributed by atoms with E-state index in [0.29, 0.717) is 6.54 Å². The molecule has 0 unspecified atom stereocenters. The quantitative estimate of drug-likeness (QED) is 0.791. The largest absolute Gasteiger partial charge is 0.352 e. The van der Waals surface area contributed by atoms with Gasteiger partial charge in [-0.15, -0.1) is 6.58 Å². The number of aromatic nitrogens is 3. The molecule has 0 aliphatic rings. The standard InChI is InChI=1S/C14H18N4/c1-3-7-16-14-17-9-10-18(14)11-13-12(4-2)6-5-8-15-13/h3,5-6,8-10H,1,4,7,11H2,2H3,(H,16,17). The first-order valence-corrected chi connectivity index (χ1v) is 6.13. The fourth-order valence-electron chi connectivity index (χ4n) is 1.86. The molecule has 2 heterocycles. The van der Waals surface area contributed by atoms with Crippen molar-refractivity contribution in [1.82, 2.24) is 14.5 Å². The molecule has 0 aliphatic heterocycles. The number of aryl methyl sites for hydroxylation is 1. The van der Waals surface area contributed by atoms with Crippen LogP contribution in [-0.2, 0) is 13.0 Å². The lowest BCUT2D eigenvalue weighted by Gasteiger charge is -2.10. The van der Waals surface area contributed by atoms with Crippen LogP contribution < -0.4 is 5.32 Å². The van der Waals surface area contributed by atoms with Crippen LogP contribution in [0, 0.1) is 0 Å². The van der Waals surface area contributed by atoms with E-state index in [-0.39, 0.29) is 0 Å². The lowest BCUT2D eigenvalue weighted by molar-refractivity contribution is 0.765. The van der Waals surface area contributed by atoms with E-state index in [4.69, 9.17) is 0 Å². The SMILES string of the molecule is C=CCNc1nccn1Cc1ncccc1CC. The molecule has 2 rings (SSSR count). The van der Waals surface area contributed by atoms with Gasteiger partial charge in [0.1, 0.15) is 0 Å². The van der Waals surface area contributed by atoms with Crippen LogP contribution in [0.25, 0.3) is 0 Å². The fraction of sp³-hybridized carbons (Fsp3) is 0.286. The van der Waals surface area contributed by atoms with Gasteiger partial charge in [-0.25, -0.2) is 4.98 Å². The highest BCUT2D eigenvalue weighted by Gasteiger charge is 2.06. The highest BCUT2D eigenvalue weighted by atomic mass is 15.2. The minimum Gasteiger partial charge on any atom is -0.352 e. The summed E-state index contributed by atoms with van der Waals surface area (Å²) in [5.74, 6) is 0.850. The van der Waals surface area contributed by atoms with Crippen molar-refractivity contribution in [2.75, 3.05) is 11.9 Å². The number of rotatable bonds is 6. The van der Waals surface area contributed by atoms with Crippen LogP contribution >= 0.6 is 0 Å². The molecule has 0 spiro atoms.